The molecule has 1 aromatic heterocycles. The maximum absolute atomic E-state index is 13.4. The lowest BCUT2D eigenvalue weighted by Gasteiger charge is -2.18. The van der Waals surface area contributed by atoms with Crippen LogP contribution in [0.5, 0.6) is 11.6 Å². The molecule has 0 aliphatic carbocycles. The van der Waals surface area contributed by atoms with Crippen molar-refractivity contribution < 1.29 is 18.6 Å². The van der Waals surface area contributed by atoms with Gasteiger partial charge in [0, 0.05) is 13.2 Å². The minimum Gasteiger partial charge on any atom is -0.477 e. The zero-order valence-electron chi connectivity index (χ0n) is 10.6. The van der Waals surface area contributed by atoms with E-state index in [0.29, 0.717) is 6.61 Å². The summed E-state index contributed by atoms with van der Waals surface area (Å²) in [7, 11) is 1.46. The number of nitrogens with zero attached hydrogens (tertiary/aromatic N) is 1. The molecular formula is C12H18FNO3. The van der Waals surface area contributed by atoms with Gasteiger partial charge in [-0.3, -0.25) is 0 Å². The smallest absolute Gasteiger partial charge is 0.258 e. The zero-order chi connectivity index (χ0) is 12.9. The van der Waals surface area contributed by atoms with Crippen LogP contribution in [0.25, 0.3) is 0 Å². The summed E-state index contributed by atoms with van der Waals surface area (Å²) < 4.78 is 28.4. The van der Waals surface area contributed by atoms with Gasteiger partial charge in [0.05, 0.1) is 6.61 Å². The van der Waals surface area contributed by atoms with Crippen molar-refractivity contribution in [2.24, 2.45) is 5.41 Å². The molecule has 0 spiro atoms. The molecule has 1 rings (SSSR count). The lowest BCUT2D eigenvalue weighted by atomic mass is 9.99. The summed E-state index contributed by atoms with van der Waals surface area (Å²) in [5, 5.41) is 0. The fourth-order valence-electron chi connectivity index (χ4n) is 1.01. The van der Waals surface area contributed by atoms with Crippen LogP contribution in [0.15, 0.2) is 12.1 Å². The number of halogens is 1. The van der Waals surface area contributed by atoms with Gasteiger partial charge >= 0.3 is 0 Å². The number of methoxy groups -OCH3 is 1. The van der Waals surface area contributed by atoms with Crippen molar-refractivity contribution in [1.29, 1.82) is 0 Å². The van der Waals surface area contributed by atoms with Crippen LogP contribution < -0.4 is 9.47 Å². The molecule has 1 heterocycles. The van der Waals surface area contributed by atoms with Gasteiger partial charge in [0.25, 0.3) is 5.95 Å². The van der Waals surface area contributed by atoms with Crippen molar-refractivity contribution in [2.75, 3.05) is 20.5 Å². The number of hydrogen-bond acceptors (Lipinski definition) is 4. The minimum atomic E-state index is -0.701. The SMILES string of the molecule is COCOc1ccc(OCC(C)(C)C)nc1F. The number of pyridine rings is 1. The highest BCUT2D eigenvalue weighted by atomic mass is 19.1. The molecule has 1 aromatic rings. The van der Waals surface area contributed by atoms with E-state index in [4.69, 9.17) is 9.47 Å². The van der Waals surface area contributed by atoms with Crippen LogP contribution in [0.1, 0.15) is 20.8 Å². The molecule has 0 amide bonds. The molecule has 17 heavy (non-hydrogen) atoms. The molecule has 0 aromatic carbocycles. The summed E-state index contributed by atoms with van der Waals surface area (Å²) in [6, 6.07) is 3.04. The predicted octanol–water partition coefficient (Wildman–Crippen LogP) is 2.63. The van der Waals surface area contributed by atoms with Crippen LogP contribution in [0.4, 0.5) is 4.39 Å². The molecular weight excluding hydrogens is 225 g/mol. The summed E-state index contributed by atoms with van der Waals surface area (Å²) in [6.07, 6.45) is 0. The first kappa shape index (κ1) is 13.7. The van der Waals surface area contributed by atoms with E-state index in [-0.39, 0.29) is 23.8 Å². The fraction of sp³-hybridized carbons (Fsp3) is 0.583. The van der Waals surface area contributed by atoms with Crippen molar-refractivity contribution >= 4 is 0 Å². The average molecular weight is 243 g/mol. The van der Waals surface area contributed by atoms with E-state index in [2.05, 4.69) is 9.72 Å². The van der Waals surface area contributed by atoms with Crippen molar-refractivity contribution in [2.45, 2.75) is 20.8 Å². The quantitative estimate of drug-likeness (QED) is 0.589. The van der Waals surface area contributed by atoms with Crippen molar-refractivity contribution in [3.63, 3.8) is 0 Å². The molecule has 0 radical (unpaired) electrons. The van der Waals surface area contributed by atoms with Crippen LogP contribution in [0.2, 0.25) is 0 Å². The van der Waals surface area contributed by atoms with Gasteiger partial charge in [-0.1, -0.05) is 20.8 Å². The van der Waals surface area contributed by atoms with Crippen molar-refractivity contribution in [1.82, 2.24) is 4.98 Å². The van der Waals surface area contributed by atoms with E-state index in [0.717, 1.165) is 0 Å². The number of ether oxygens (including phenoxy) is 3. The van der Waals surface area contributed by atoms with Gasteiger partial charge in [-0.15, -0.1) is 0 Å². The number of hydrogen-bond donors (Lipinski definition) is 0. The van der Waals surface area contributed by atoms with Crippen molar-refractivity contribution in [3.8, 4) is 11.6 Å². The lowest BCUT2D eigenvalue weighted by molar-refractivity contribution is 0.0474. The number of aromatic nitrogens is 1. The van der Waals surface area contributed by atoms with Gasteiger partial charge in [0.15, 0.2) is 12.5 Å². The largest absolute Gasteiger partial charge is 0.477 e. The second-order valence-electron chi connectivity index (χ2n) is 4.84. The van der Waals surface area contributed by atoms with Gasteiger partial charge < -0.3 is 14.2 Å². The third-order valence-corrected chi connectivity index (χ3v) is 1.77. The minimum absolute atomic E-state index is 0.00335. The normalized spacial score (nSPS) is 11.4. The molecule has 0 aliphatic heterocycles. The standard InChI is InChI=1S/C12H18FNO3/c1-12(2,3)7-16-10-6-5-9(11(13)14-10)17-8-15-4/h5-6H,7-8H2,1-4H3. The third-order valence-electron chi connectivity index (χ3n) is 1.77. The molecule has 0 N–H and O–H groups in total. The van der Waals surface area contributed by atoms with E-state index in [1.165, 1.54) is 13.2 Å². The van der Waals surface area contributed by atoms with E-state index in [9.17, 15) is 4.39 Å². The van der Waals surface area contributed by atoms with E-state index in [1.807, 2.05) is 20.8 Å². The molecule has 0 aliphatic rings. The summed E-state index contributed by atoms with van der Waals surface area (Å²) >= 11 is 0. The average Bonchev–Trinajstić information content (AvgIpc) is 2.24. The van der Waals surface area contributed by atoms with Crippen LogP contribution >= 0.6 is 0 Å². The zero-order valence-corrected chi connectivity index (χ0v) is 10.6. The Morgan fingerprint density at radius 2 is 1.94 bits per heavy atom. The Morgan fingerprint density at radius 3 is 2.47 bits per heavy atom. The van der Waals surface area contributed by atoms with Crippen LogP contribution in [-0.2, 0) is 4.74 Å². The molecule has 0 bridgehead atoms. The van der Waals surface area contributed by atoms with Gasteiger partial charge in [-0.05, 0) is 11.5 Å². The Kier molecular flexibility index (Phi) is 4.69. The Hall–Kier alpha value is -1.36. The monoisotopic (exact) mass is 243 g/mol. The van der Waals surface area contributed by atoms with Crippen LogP contribution in [0.3, 0.4) is 0 Å². The summed E-state index contributed by atoms with van der Waals surface area (Å²) in [6.45, 7) is 6.54. The van der Waals surface area contributed by atoms with Crippen molar-refractivity contribution in [3.05, 3.63) is 18.1 Å². The fourth-order valence-corrected chi connectivity index (χ4v) is 1.01. The molecule has 0 atom stereocenters. The highest BCUT2D eigenvalue weighted by Gasteiger charge is 2.13. The maximum atomic E-state index is 13.4. The Morgan fingerprint density at radius 1 is 1.24 bits per heavy atom. The summed E-state index contributed by atoms with van der Waals surface area (Å²) in [5.41, 5.74) is 0.00335. The van der Waals surface area contributed by atoms with Gasteiger partial charge in [0.2, 0.25) is 5.88 Å². The Labute approximate surface area is 101 Å². The predicted molar refractivity (Wildman–Crippen MR) is 61.6 cm³/mol. The molecule has 5 heteroatoms. The topological polar surface area (TPSA) is 40.6 Å². The van der Waals surface area contributed by atoms with E-state index in [1.54, 1.807) is 6.07 Å². The highest BCUT2D eigenvalue weighted by Crippen LogP contribution is 2.21. The van der Waals surface area contributed by atoms with Gasteiger partial charge in [0.1, 0.15) is 0 Å². The Bertz CT molecular complexity index is 363. The Balaban J connectivity index is 2.62. The first-order valence-electron chi connectivity index (χ1n) is 5.33. The van der Waals surface area contributed by atoms with Crippen LogP contribution in [0, 0.1) is 11.4 Å². The number of rotatable bonds is 5. The van der Waals surface area contributed by atoms with E-state index < -0.39 is 5.95 Å². The first-order chi connectivity index (χ1) is 7.92. The van der Waals surface area contributed by atoms with Gasteiger partial charge in [-0.25, -0.2) is 0 Å². The first-order valence-corrected chi connectivity index (χ1v) is 5.33. The van der Waals surface area contributed by atoms with Gasteiger partial charge in [-0.2, -0.15) is 9.37 Å². The van der Waals surface area contributed by atoms with E-state index >= 15 is 0 Å². The summed E-state index contributed by atoms with van der Waals surface area (Å²) in [5.74, 6) is -0.398. The summed E-state index contributed by atoms with van der Waals surface area (Å²) in [4.78, 5) is 3.66. The molecule has 0 unspecified atom stereocenters. The second-order valence-corrected chi connectivity index (χ2v) is 4.84. The highest BCUT2D eigenvalue weighted by molar-refractivity contribution is 5.24. The second kappa shape index (κ2) is 5.82. The molecule has 0 fully saturated rings. The molecule has 0 saturated heterocycles. The lowest BCUT2D eigenvalue weighted by Crippen LogP contribution is -2.17. The molecule has 0 saturated carbocycles. The molecule has 96 valence electrons. The third kappa shape index (κ3) is 4.99. The maximum Gasteiger partial charge on any atom is 0.258 e. The van der Waals surface area contributed by atoms with Crippen LogP contribution in [-0.4, -0.2) is 25.5 Å². The molecule has 4 nitrogen and oxygen atoms in total.